The van der Waals surface area contributed by atoms with Crippen molar-refractivity contribution in [3.63, 3.8) is 0 Å². The molecule has 0 aromatic heterocycles. The first-order chi connectivity index (χ1) is 17.6. The third-order valence-electron chi connectivity index (χ3n) is 8.69. The van der Waals surface area contributed by atoms with Gasteiger partial charge in [-0.25, -0.2) is 9.59 Å². The molecular formula is C31H42O7. The van der Waals surface area contributed by atoms with Gasteiger partial charge in [0.1, 0.15) is 17.2 Å². The molecule has 38 heavy (non-hydrogen) atoms. The van der Waals surface area contributed by atoms with Gasteiger partial charge in [-0.3, -0.25) is 0 Å². The number of methoxy groups -OCH3 is 2. The number of esters is 2. The van der Waals surface area contributed by atoms with Gasteiger partial charge in [0, 0.05) is 18.4 Å². The molecule has 7 nitrogen and oxygen atoms in total. The topological polar surface area (TPSA) is 91.3 Å². The van der Waals surface area contributed by atoms with Crippen molar-refractivity contribution >= 4 is 11.9 Å². The van der Waals surface area contributed by atoms with Gasteiger partial charge in [0.25, 0.3) is 0 Å². The highest BCUT2D eigenvalue weighted by Gasteiger charge is 2.42. The van der Waals surface area contributed by atoms with Crippen molar-refractivity contribution in [3.8, 4) is 17.2 Å². The Morgan fingerprint density at radius 3 is 1.42 bits per heavy atom. The van der Waals surface area contributed by atoms with Crippen LogP contribution in [0.4, 0.5) is 0 Å². The molecule has 0 saturated heterocycles. The fourth-order valence-electron chi connectivity index (χ4n) is 5.40. The largest absolute Gasteiger partial charge is 0.507 e. The summed E-state index contributed by atoms with van der Waals surface area (Å²) in [5.41, 5.74) is 7.92. The molecule has 2 heterocycles. The van der Waals surface area contributed by atoms with E-state index < -0.39 is 11.2 Å². The van der Waals surface area contributed by atoms with Crippen LogP contribution in [0.1, 0.15) is 76.8 Å². The van der Waals surface area contributed by atoms with Crippen LogP contribution in [0, 0.1) is 48.5 Å². The number of hydrogen-bond acceptors (Lipinski definition) is 7. The monoisotopic (exact) mass is 526 g/mol. The quantitative estimate of drug-likeness (QED) is 0.498. The van der Waals surface area contributed by atoms with E-state index >= 15 is 0 Å². The first-order valence-electron chi connectivity index (χ1n) is 13.1. The van der Waals surface area contributed by atoms with Crippen molar-refractivity contribution in [3.05, 3.63) is 50.1 Å². The summed E-state index contributed by atoms with van der Waals surface area (Å²) >= 11 is 0. The maximum Gasteiger partial charge on any atom is 0.349 e. The van der Waals surface area contributed by atoms with Crippen LogP contribution in [0.15, 0.2) is 0 Å². The number of phenols is 1. The Morgan fingerprint density at radius 2 is 1.00 bits per heavy atom. The minimum absolute atomic E-state index is 0.298. The van der Waals surface area contributed by atoms with E-state index in [1.807, 2.05) is 27.7 Å². The molecule has 2 atom stereocenters. The standard InChI is InChI=1S/C16H22O3.C15H20O4/c1-9-10(2)12(4)14-13(11(9)3)7-8-16(5,19-14)15(17)18-6;1-8-9(2)13-11(10(3)12(8)16)6-7-15(4,19-13)14(17)18-5/h7-8H2,1-6H3;16H,6-7H2,1-5H3. The molecule has 2 aromatic rings. The maximum absolute atomic E-state index is 11.9. The third kappa shape index (κ3) is 4.83. The Kier molecular flexibility index (Phi) is 8.11. The predicted molar refractivity (Wildman–Crippen MR) is 146 cm³/mol. The second kappa shape index (κ2) is 10.5. The van der Waals surface area contributed by atoms with Gasteiger partial charge < -0.3 is 24.1 Å². The highest BCUT2D eigenvalue weighted by Crippen LogP contribution is 2.44. The second-order valence-electron chi connectivity index (χ2n) is 11.0. The Bertz CT molecular complexity index is 1190. The summed E-state index contributed by atoms with van der Waals surface area (Å²) < 4.78 is 21.7. The number of aromatic hydroxyl groups is 1. The Morgan fingerprint density at radius 1 is 0.632 bits per heavy atom. The van der Waals surface area contributed by atoms with Crippen molar-refractivity contribution < 1.29 is 33.6 Å². The number of hydrogen-bond donors (Lipinski definition) is 1. The lowest BCUT2D eigenvalue weighted by molar-refractivity contribution is -0.159. The van der Waals surface area contributed by atoms with E-state index in [0.717, 1.165) is 40.0 Å². The molecule has 0 bridgehead atoms. The maximum atomic E-state index is 11.9. The Balaban J connectivity index is 0.000000211. The molecule has 2 unspecified atom stereocenters. The van der Waals surface area contributed by atoms with Gasteiger partial charge in [-0.05, 0) is 120 Å². The number of rotatable bonds is 2. The minimum Gasteiger partial charge on any atom is -0.507 e. The summed E-state index contributed by atoms with van der Waals surface area (Å²) in [5, 5.41) is 10.1. The summed E-state index contributed by atoms with van der Waals surface area (Å²) in [6, 6.07) is 0. The first kappa shape index (κ1) is 29.3. The molecule has 2 aromatic carbocycles. The number of ether oxygens (including phenoxy) is 4. The molecule has 4 rings (SSSR count). The van der Waals surface area contributed by atoms with Gasteiger partial charge in [0.2, 0.25) is 11.2 Å². The lowest BCUT2D eigenvalue weighted by atomic mass is 9.85. The van der Waals surface area contributed by atoms with Crippen molar-refractivity contribution in [2.24, 2.45) is 0 Å². The zero-order chi connectivity index (χ0) is 28.7. The second-order valence-corrected chi connectivity index (χ2v) is 11.0. The molecule has 0 radical (unpaired) electrons. The lowest BCUT2D eigenvalue weighted by Crippen LogP contribution is -2.45. The van der Waals surface area contributed by atoms with E-state index in [9.17, 15) is 14.7 Å². The van der Waals surface area contributed by atoms with Crippen molar-refractivity contribution in [2.45, 2.75) is 99.2 Å². The molecule has 0 spiro atoms. The smallest absolute Gasteiger partial charge is 0.349 e. The predicted octanol–water partition coefficient (Wildman–Crippen LogP) is 5.75. The number of carbonyl (C=O) groups is 2. The van der Waals surface area contributed by atoms with Gasteiger partial charge in [-0.2, -0.15) is 0 Å². The molecule has 0 amide bonds. The number of phenolic OH excluding ortho intramolecular Hbond substituents is 1. The molecule has 2 aliphatic rings. The first-order valence-corrected chi connectivity index (χ1v) is 13.1. The third-order valence-corrected chi connectivity index (χ3v) is 8.69. The fourth-order valence-corrected chi connectivity index (χ4v) is 5.40. The SMILES string of the molecule is COC(=O)C1(C)CCc2c(C)c(C)c(C)c(C)c2O1.COC(=O)C1(C)CCc2c(C)c(O)c(C)c(C)c2O1. The lowest BCUT2D eigenvalue weighted by Gasteiger charge is -2.35. The summed E-state index contributed by atoms with van der Waals surface area (Å²) in [5.74, 6) is 1.25. The van der Waals surface area contributed by atoms with E-state index in [4.69, 9.17) is 18.9 Å². The average molecular weight is 527 g/mol. The number of carbonyl (C=O) groups excluding carboxylic acids is 2. The van der Waals surface area contributed by atoms with E-state index in [1.165, 1.54) is 36.5 Å². The fraction of sp³-hybridized carbons (Fsp3) is 0.548. The highest BCUT2D eigenvalue weighted by molar-refractivity contribution is 5.81. The van der Waals surface area contributed by atoms with Gasteiger partial charge in [0.05, 0.1) is 14.2 Å². The van der Waals surface area contributed by atoms with Crippen molar-refractivity contribution in [1.29, 1.82) is 0 Å². The summed E-state index contributed by atoms with van der Waals surface area (Å²) in [6.07, 6.45) is 2.76. The van der Waals surface area contributed by atoms with Crippen LogP contribution < -0.4 is 9.47 Å². The molecule has 0 saturated carbocycles. The van der Waals surface area contributed by atoms with Crippen molar-refractivity contribution in [1.82, 2.24) is 0 Å². The molecule has 2 aliphatic heterocycles. The molecule has 0 aliphatic carbocycles. The van der Waals surface area contributed by atoms with Crippen LogP contribution in [0.25, 0.3) is 0 Å². The van der Waals surface area contributed by atoms with E-state index in [-0.39, 0.29) is 11.9 Å². The normalized spacial score (nSPS) is 21.6. The zero-order valence-corrected chi connectivity index (χ0v) is 24.7. The molecule has 7 heteroatoms. The van der Waals surface area contributed by atoms with Crippen molar-refractivity contribution in [2.75, 3.05) is 14.2 Å². The summed E-state index contributed by atoms with van der Waals surface area (Å²) in [6.45, 7) is 17.6. The van der Waals surface area contributed by atoms with Gasteiger partial charge in [0.15, 0.2) is 0 Å². The number of benzene rings is 2. The Hall–Kier alpha value is -3.22. The van der Waals surface area contributed by atoms with Crippen LogP contribution in [-0.4, -0.2) is 42.5 Å². The number of fused-ring (bicyclic) bond motifs is 2. The molecule has 0 fully saturated rings. The van der Waals surface area contributed by atoms with E-state index in [0.29, 0.717) is 30.8 Å². The van der Waals surface area contributed by atoms with Crippen LogP contribution in [-0.2, 0) is 31.9 Å². The van der Waals surface area contributed by atoms with Gasteiger partial charge in [-0.15, -0.1) is 0 Å². The molecular weight excluding hydrogens is 484 g/mol. The molecule has 208 valence electrons. The summed E-state index contributed by atoms with van der Waals surface area (Å²) in [4.78, 5) is 23.7. The minimum atomic E-state index is -0.942. The average Bonchev–Trinajstić information content (AvgIpc) is 2.91. The van der Waals surface area contributed by atoms with Crippen LogP contribution in [0.5, 0.6) is 17.2 Å². The highest BCUT2D eigenvalue weighted by atomic mass is 16.6. The van der Waals surface area contributed by atoms with Gasteiger partial charge in [-0.1, -0.05) is 0 Å². The van der Waals surface area contributed by atoms with Crippen LogP contribution >= 0.6 is 0 Å². The Labute approximate surface area is 226 Å². The van der Waals surface area contributed by atoms with E-state index in [2.05, 4.69) is 27.7 Å². The van der Waals surface area contributed by atoms with E-state index in [1.54, 1.807) is 6.92 Å². The van der Waals surface area contributed by atoms with Crippen LogP contribution in [0.2, 0.25) is 0 Å². The van der Waals surface area contributed by atoms with Crippen LogP contribution in [0.3, 0.4) is 0 Å². The van der Waals surface area contributed by atoms with Gasteiger partial charge >= 0.3 is 11.9 Å². The molecule has 1 N–H and O–H groups in total. The summed E-state index contributed by atoms with van der Waals surface area (Å²) in [7, 11) is 2.78. The zero-order valence-electron chi connectivity index (χ0n) is 24.7.